The maximum Gasteiger partial charge on any atom is 0.119 e. The molecule has 0 aromatic rings. The lowest BCUT2D eigenvalue weighted by molar-refractivity contribution is -0.108. The maximum absolute atomic E-state index is 9.83. The van der Waals surface area contributed by atoms with Crippen LogP contribution in [0.5, 0.6) is 0 Å². The van der Waals surface area contributed by atoms with E-state index in [2.05, 4.69) is 0 Å². The fraction of sp³-hybridized carbons (Fsp3) is 0.857. The van der Waals surface area contributed by atoms with Crippen molar-refractivity contribution in [1.29, 1.82) is 0 Å². The van der Waals surface area contributed by atoms with Crippen molar-refractivity contribution >= 4 is 6.29 Å². The summed E-state index contributed by atoms with van der Waals surface area (Å²) in [7, 11) is 0. The van der Waals surface area contributed by atoms with Crippen LogP contribution in [0.15, 0.2) is 0 Å². The lowest BCUT2D eigenvalue weighted by Crippen LogP contribution is -2.29. The van der Waals surface area contributed by atoms with Crippen LogP contribution < -0.4 is 0 Å². The fourth-order valence-electron chi connectivity index (χ4n) is 0.724. The fourth-order valence-corrected chi connectivity index (χ4v) is 0.724. The molecule has 0 aliphatic rings. The van der Waals surface area contributed by atoms with E-state index in [-0.39, 0.29) is 0 Å². The minimum absolute atomic E-state index is 0.348. The molecule has 2 unspecified atom stereocenters. The van der Waals surface area contributed by atoms with E-state index in [1.807, 2.05) is 0 Å². The Balaban J connectivity index is 3.34. The third-order valence-electron chi connectivity index (χ3n) is 1.45. The average Bonchev–Trinajstić information content (AvgIpc) is 2.03. The zero-order valence-corrected chi connectivity index (χ0v) is 6.31. The van der Waals surface area contributed by atoms with Crippen molar-refractivity contribution in [3.05, 3.63) is 0 Å². The number of carbonyl (C=O) groups excluding carboxylic acids is 1. The van der Waals surface area contributed by atoms with Crippen LogP contribution in [0.3, 0.4) is 0 Å². The molecule has 0 spiro atoms. The Bertz CT molecular complexity index is 105. The normalized spacial score (nSPS) is 15.9. The molecule has 3 N–H and O–H groups in total. The van der Waals surface area contributed by atoms with Gasteiger partial charge in [0.25, 0.3) is 0 Å². The van der Waals surface area contributed by atoms with Crippen molar-refractivity contribution in [1.82, 2.24) is 0 Å². The van der Waals surface area contributed by atoms with Crippen molar-refractivity contribution in [2.24, 2.45) is 0 Å². The van der Waals surface area contributed by atoms with E-state index >= 15 is 0 Å². The number of hydrogen-bond donors (Lipinski definition) is 3. The van der Waals surface area contributed by atoms with Crippen LogP contribution in [-0.4, -0.2) is 40.4 Å². The summed E-state index contributed by atoms with van der Waals surface area (Å²) in [5.74, 6) is 0. The van der Waals surface area contributed by atoms with Crippen LogP contribution in [0.4, 0.5) is 0 Å². The van der Waals surface area contributed by atoms with Gasteiger partial charge in [-0.2, -0.15) is 0 Å². The third-order valence-corrected chi connectivity index (χ3v) is 1.45. The summed E-state index contributed by atoms with van der Waals surface area (Å²) in [6.07, 6.45) is 0.0386. The van der Waals surface area contributed by atoms with Gasteiger partial charge in [-0.1, -0.05) is 0 Å². The highest BCUT2D eigenvalue weighted by molar-refractivity contribution is 5.48. The van der Waals surface area contributed by atoms with E-state index in [1.54, 1.807) is 0 Å². The van der Waals surface area contributed by atoms with E-state index in [4.69, 9.17) is 15.3 Å². The number of hydrogen-bond acceptors (Lipinski definition) is 4. The van der Waals surface area contributed by atoms with Crippen molar-refractivity contribution < 1.29 is 20.1 Å². The van der Waals surface area contributed by atoms with Gasteiger partial charge in [-0.15, -0.1) is 0 Å². The second-order valence-electron chi connectivity index (χ2n) is 2.41. The summed E-state index contributed by atoms with van der Waals surface area (Å²) < 4.78 is 0. The topological polar surface area (TPSA) is 77.8 Å². The number of aldehydes is 1. The molecule has 4 heteroatoms. The number of carbonyl (C=O) groups is 1. The highest BCUT2D eigenvalue weighted by Gasteiger charge is 2.13. The summed E-state index contributed by atoms with van der Waals surface area (Å²) in [4.78, 5) is 9.83. The van der Waals surface area contributed by atoms with Gasteiger partial charge in [0.2, 0.25) is 0 Å². The van der Waals surface area contributed by atoms with Crippen molar-refractivity contribution in [2.45, 2.75) is 31.5 Å². The lowest BCUT2D eigenvalue weighted by atomic mass is 10.1. The van der Waals surface area contributed by atoms with E-state index < -0.39 is 18.8 Å². The van der Waals surface area contributed by atoms with Gasteiger partial charge in [0.05, 0.1) is 12.7 Å². The van der Waals surface area contributed by atoms with Crippen molar-refractivity contribution in [3.63, 3.8) is 0 Å². The Morgan fingerprint density at radius 3 is 2.36 bits per heavy atom. The van der Waals surface area contributed by atoms with Gasteiger partial charge in [0.15, 0.2) is 0 Å². The minimum atomic E-state index is -1.08. The average molecular weight is 162 g/mol. The Morgan fingerprint density at radius 1 is 1.27 bits per heavy atom. The first-order chi connectivity index (χ1) is 5.22. The molecule has 0 aliphatic carbocycles. The molecule has 0 heterocycles. The lowest BCUT2D eigenvalue weighted by Gasteiger charge is -2.13. The zero-order valence-electron chi connectivity index (χ0n) is 6.31. The molecule has 0 radical (unpaired) electrons. The summed E-state index contributed by atoms with van der Waals surface area (Å²) in [5, 5.41) is 26.2. The molecule has 0 aromatic heterocycles. The Hall–Kier alpha value is -0.450. The molecule has 0 fully saturated rings. The molecule has 0 rings (SSSR count). The highest BCUT2D eigenvalue weighted by Crippen LogP contribution is 2.03. The highest BCUT2D eigenvalue weighted by atomic mass is 16.4. The largest absolute Gasteiger partial charge is 0.394 e. The zero-order chi connectivity index (χ0) is 8.69. The van der Waals surface area contributed by atoms with E-state index in [9.17, 15) is 4.79 Å². The van der Waals surface area contributed by atoms with Gasteiger partial charge >= 0.3 is 0 Å². The minimum Gasteiger partial charge on any atom is -0.394 e. The molecule has 0 aromatic carbocycles. The van der Waals surface area contributed by atoms with Crippen LogP contribution in [0.1, 0.15) is 19.3 Å². The van der Waals surface area contributed by atoms with Crippen LogP contribution in [0.2, 0.25) is 0 Å². The molecular weight excluding hydrogens is 148 g/mol. The Morgan fingerprint density at radius 2 is 1.91 bits per heavy atom. The SMILES string of the molecule is O=CCCCC(O)C(O)CO. The molecule has 0 bridgehead atoms. The van der Waals surface area contributed by atoms with Gasteiger partial charge < -0.3 is 20.1 Å². The molecule has 0 aliphatic heterocycles. The summed E-state index contributed by atoms with van der Waals surface area (Å²) >= 11 is 0. The van der Waals surface area contributed by atoms with Crippen molar-refractivity contribution in [2.75, 3.05) is 6.61 Å². The first kappa shape index (κ1) is 10.6. The first-order valence-electron chi connectivity index (χ1n) is 3.63. The second-order valence-corrected chi connectivity index (χ2v) is 2.41. The molecular formula is C7H14O4. The molecule has 4 nitrogen and oxygen atoms in total. The van der Waals surface area contributed by atoms with Gasteiger partial charge in [0, 0.05) is 6.42 Å². The summed E-state index contributed by atoms with van der Waals surface area (Å²) in [6, 6.07) is 0. The quantitative estimate of drug-likeness (QED) is 0.348. The van der Waals surface area contributed by atoms with Crippen LogP contribution in [0.25, 0.3) is 0 Å². The summed E-state index contributed by atoms with van der Waals surface area (Å²) in [6.45, 7) is -0.442. The van der Waals surface area contributed by atoms with E-state index in [0.29, 0.717) is 19.3 Å². The van der Waals surface area contributed by atoms with Gasteiger partial charge in [-0.05, 0) is 12.8 Å². The number of rotatable bonds is 6. The second kappa shape index (κ2) is 6.27. The molecule has 0 saturated heterocycles. The third kappa shape index (κ3) is 4.89. The van der Waals surface area contributed by atoms with Gasteiger partial charge in [-0.25, -0.2) is 0 Å². The predicted molar refractivity (Wildman–Crippen MR) is 39.0 cm³/mol. The molecule has 0 amide bonds. The number of aliphatic hydroxyl groups excluding tert-OH is 3. The first-order valence-corrected chi connectivity index (χ1v) is 3.63. The number of aliphatic hydroxyl groups is 3. The molecule has 0 saturated carbocycles. The van der Waals surface area contributed by atoms with Crippen molar-refractivity contribution in [3.8, 4) is 0 Å². The number of unbranched alkanes of at least 4 members (excludes halogenated alkanes) is 1. The Kier molecular flexibility index (Phi) is 6.02. The molecule has 2 atom stereocenters. The standard InChI is InChI=1S/C7H14O4/c8-4-2-1-3-6(10)7(11)5-9/h4,6-7,9-11H,1-3,5H2. The summed E-state index contributed by atoms with van der Waals surface area (Å²) in [5.41, 5.74) is 0. The van der Waals surface area contributed by atoms with Crippen LogP contribution in [0, 0.1) is 0 Å². The maximum atomic E-state index is 9.83. The van der Waals surface area contributed by atoms with E-state index in [1.165, 1.54) is 0 Å². The Labute approximate surface area is 65.5 Å². The molecule has 66 valence electrons. The smallest absolute Gasteiger partial charge is 0.119 e. The molecule has 11 heavy (non-hydrogen) atoms. The van der Waals surface area contributed by atoms with E-state index in [0.717, 1.165) is 6.29 Å². The van der Waals surface area contributed by atoms with Gasteiger partial charge in [0.1, 0.15) is 12.4 Å². The van der Waals surface area contributed by atoms with Gasteiger partial charge in [-0.3, -0.25) is 0 Å². The van der Waals surface area contributed by atoms with Crippen LogP contribution in [-0.2, 0) is 4.79 Å². The monoisotopic (exact) mass is 162 g/mol. The van der Waals surface area contributed by atoms with Crippen LogP contribution >= 0.6 is 0 Å². The predicted octanol–water partition coefficient (Wildman–Crippen LogP) is -0.930.